The standard InChI is InChI=1S/C18H26N8O/c1-10(2)26-9-23-15-16(21-8-12-6-13(20)4-5-14(12)27)24-18(25-17(15)26)22-7-11(3)19/h4-6,9-11,27H,7-8,19-20H2,1-3H3,(H2,21,22,24,25). The summed E-state index contributed by atoms with van der Waals surface area (Å²) in [5.74, 6) is 1.22. The maximum atomic E-state index is 10.0. The van der Waals surface area contributed by atoms with E-state index < -0.39 is 0 Å². The third-order valence-electron chi connectivity index (χ3n) is 4.11. The molecule has 0 bridgehead atoms. The number of hydrogen-bond donors (Lipinski definition) is 5. The van der Waals surface area contributed by atoms with Crippen molar-refractivity contribution in [3.63, 3.8) is 0 Å². The van der Waals surface area contributed by atoms with E-state index in [2.05, 4.69) is 39.4 Å². The lowest BCUT2D eigenvalue weighted by molar-refractivity contribution is 0.469. The second kappa shape index (κ2) is 7.67. The van der Waals surface area contributed by atoms with E-state index >= 15 is 0 Å². The number of nitrogens with one attached hydrogen (secondary N) is 2. The number of aromatic nitrogens is 4. The first-order valence-electron chi connectivity index (χ1n) is 8.90. The van der Waals surface area contributed by atoms with E-state index in [0.717, 1.165) is 5.65 Å². The quantitative estimate of drug-likeness (QED) is 0.314. The van der Waals surface area contributed by atoms with Gasteiger partial charge in [0.25, 0.3) is 0 Å². The molecule has 3 aromatic rings. The van der Waals surface area contributed by atoms with Crippen molar-refractivity contribution in [3.05, 3.63) is 30.1 Å². The molecule has 0 radical (unpaired) electrons. The fourth-order valence-corrected chi connectivity index (χ4v) is 2.67. The molecule has 9 nitrogen and oxygen atoms in total. The zero-order valence-electron chi connectivity index (χ0n) is 15.8. The Morgan fingerprint density at radius 1 is 1.19 bits per heavy atom. The number of nitrogens with zero attached hydrogens (tertiary/aromatic N) is 4. The molecule has 2 heterocycles. The Bertz CT molecular complexity index is 935. The molecule has 0 aliphatic heterocycles. The summed E-state index contributed by atoms with van der Waals surface area (Å²) in [5.41, 5.74) is 14.3. The van der Waals surface area contributed by atoms with E-state index in [0.29, 0.717) is 41.6 Å². The smallest absolute Gasteiger partial charge is 0.226 e. The first-order chi connectivity index (χ1) is 12.8. The van der Waals surface area contributed by atoms with Gasteiger partial charge in [-0.2, -0.15) is 9.97 Å². The van der Waals surface area contributed by atoms with Crippen molar-refractivity contribution >= 4 is 28.6 Å². The summed E-state index contributed by atoms with van der Waals surface area (Å²) >= 11 is 0. The third-order valence-corrected chi connectivity index (χ3v) is 4.11. The first kappa shape index (κ1) is 18.7. The second-order valence-corrected chi connectivity index (χ2v) is 6.91. The summed E-state index contributed by atoms with van der Waals surface area (Å²) in [7, 11) is 0. The van der Waals surface area contributed by atoms with Gasteiger partial charge in [0, 0.05) is 36.4 Å². The van der Waals surface area contributed by atoms with E-state index in [4.69, 9.17) is 11.5 Å². The van der Waals surface area contributed by atoms with E-state index in [1.165, 1.54) is 0 Å². The zero-order chi connectivity index (χ0) is 19.6. The number of nitrogen functional groups attached to an aromatic ring is 1. The molecule has 144 valence electrons. The summed E-state index contributed by atoms with van der Waals surface area (Å²) in [6, 6.07) is 5.13. The highest BCUT2D eigenvalue weighted by molar-refractivity contribution is 5.84. The van der Waals surface area contributed by atoms with E-state index in [1.807, 2.05) is 11.5 Å². The van der Waals surface area contributed by atoms with Crippen LogP contribution in [0.25, 0.3) is 11.2 Å². The van der Waals surface area contributed by atoms with Gasteiger partial charge in [0.05, 0.1) is 6.33 Å². The summed E-state index contributed by atoms with van der Waals surface area (Å²) in [6.07, 6.45) is 1.75. The van der Waals surface area contributed by atoms with E-state index in [1.54, 1.807) is 24.5 Å². The number of fused-ring (bicyclic) bond motifs is 1. The maximum absolute atomic E-state index is 10.0. The fourth-order valence-electron chi connectivity index (χ4n) is 2.67. The average Bonchev–Trinajstić information content (AvgIpc) is 3.04. The topological polar surface area (TPSA) is 140 Å². The van der Waals surface area contributed by atoms with Crippen LogP contribution in [0, 0.1) is 0 Å². The molecule has 0 spiro atoms. The van der Waals surface area contributed by atoms with Gasteiger partial charge in [-0.05, 0) is 39.0 Å². The van der Waals surface area contributed by atoms with Crippen LogP contribution in [0.3, 0.4) is 0 Å². The van der Waals surface area contributed by atoms with Gasteiger partial charge in [0.1, 0.15) is 5.75 Å². The Labute approximate surface area is 157 Å². The number of aromatic hydroxyl groups is 1. The molecular weight excluding hydrogens is 344 g/mol. The first-order valence-corrected chi connectivity index (χ1v) is 8.90. The van der Waals surface area contributed by atoms with Crippen molar-refractivity contribution < 1.29 is 5.11 Å². The Morgan fingerprint density at radius 2 is 1.96 bits per heavy atom. The predicted octanol–water partition coefficient (Wildman–Crippen LogP) is 2.07. The molecular formula is C18H26N8O. The lowest BCUT2D eigenvalue weighted by Crippen LogP contribution is -2.26. The molecule has 1 unspecified atom stereocenters. The Balaban J connectivity index is 1.95. The van der Waals surface area contributed by atoms with Crippen molar-refractivity contribution in [2.75, 3.05) is 22.9 Å². The molecule has 0 saturated heterocycles. The molecule has 0 amide bonds. The van der Waals surface area contributed by atoms with Crippen LogP contribution in [-0.2, 0) is 6.54 Å². The molecule has 9 heteroatoms. The SMILES string of the molecule is CC(N)CNc1nc(NCc2cc(N)ccc2O)c2ncn(C(C)C)c2n1. The number of imidazole rings is 1. The fraction of sp³-hybridized carbons (Fsp3) is 0.389. The van der Waals surface area contributed by atoms with Crippen molar-refractivity contribution in [3.8, 4) is 5.75 Å². The second-order valence-electron chi connectivity index (χ2n) is 6.91. The van der Waals surface area contributed by atoms with Gasteiger partial charge in [-0.3, -0.25) is 0 Å². The number of nitrogens with two attached hydrogens (primary N) is 2. The average molecular weight is 370 g/mol. The minimum absolute atomic E-state index is 0.0278. The van der Waals surface area contributed by atoms with Crippen LogP contribution >= 0.6 is 0 Å². The van der Waals surface area contributed by atoms with Gasteiger partial charge in [-0.25, -0.2) is 4.98 Å². The maximum Gasteiger partial charge on any atom is 0.226 e. The van der Waals surface area contributed by atoms with Crippen LogP contribution in [0.5, 0.6) is 5.75 Å². The van der Waals surface area contributed by atoms with Crippen molar-refractivity contribution in [1.29, 1.82) is 0 Å². The van der Waals surface area contributed by atoms with Crippen LogP contribution < -0.4 is 22.1 Å². The third kappa shape index (κ3) is 4.20. The van der Waals surface area contributed by atoms with Crippen LogP contribution in [0.15, 0.2) is 24.5 Å². The molecule has 7 N–H and O–H groups in total. The van der Waals surface area contributed by atoms with E-state index in [9.17, 15) is 5.11 Å². The molecule has 27 heavy (non-hydrogen) atoms. The van der Waals surface area contributed by atoms with Crippen molar-refractivity contribution in [2.45, 2.75) is 39.4 Å². The predicted molar refractivity (Wildman–Crippen MR) is 108 cm³/mol. The van der Waals surface area contributed by atoms with Gasteiger partial charge >= 0.3 is 0 Å². The molecule has 1 aromatic carbocycles. The van der Waals surface area contributed by atoms with Crippen LogP contribution in [0.1, 0.15) is 32.4 Å². The highest BCUT2D eigenvalue weighted by atomic mass is 16.3. The Kier molecular flexibility index (Phi) is 5.31. The van der Waals surface area contributed by atoms with Gasteiger partial charge in [0.15, 0.2) is 17.0 Å². The Hall–Kier alpha value is -3.07. The lowest BCUT2D eigenvalue weighted by Gasteiger charge is -2.13. The number of rotatable bonds is 7. The largest absolute Gasteiger partial charge is 0.508 e. The van der Waals surface area contributed by atoms with Gasteiger partial charge in [-0.1, -0.05) is 0 Å². The number of phenols is 1. The van der Waals surface area contributed by atoms with Gasteiger partial charge in [0.2, 0.25) is 5.95 Å². The molecule has 0 aliphatic carbocycles. The van der Waals surface area contributed by atoms with Crippen LogP contribution in [-0.4, -0.2) is 37.2 Å². The van der Waals surface area contributed by atoms with E-state index in [-0.39, 0.29) is 17.8 Å². The highest BCUT2D eigenvalue weighted by Crippen LogP contribution is 2.25. The molecule has 1 atom stereocenters. The number of benzene rings is 1. The number of anilines is 3. The zero-order valence-corrected chi connectivity index (χ0v) is 15.8. The van der Waals surface area contributed by atoms with Crippen molar-refractivity contribution in [1.82, 2.24) is 19.5 Å². The highest BCUT2D eigenvalue weighted by Gasteiger charge is 2.15. The van der Waals surface area contributed by atoms with Gasteiger partial charge < -0.3 is 31.8 Å². The molecule has 0 aliphatic rings. The van der Waals surface area contributed by atoms with Crippen LogP contribution in [0.4, 0.5) is 17.5 Å². The number of hydrogen-bond acceptors (Lipinski definition) is 8. The number of phenolic OH excluding ortho intramolecular Hbond substituents is 1. The summed E-state index contributed by atoms with van der Waals surface area (Å²) in [5, 5.41) is 16.4. The molecule has 0 saturated carbocycles. The molecule has 0 fully saturated rings. The minimum Gasteiger partial charge on any atom is -0.508 e. The summed E-state index contributed by atoms with van der Waals surface area (Å²) in [6.45, 7) is 6.94. The normalized spacial score (nSPS) is 12.5. The van der Waals surface area contributed by atoms with Crippen molar-refractivity contribution in [2.24, 2.45) is 5.73 Å². The van der Waals surface area contributed by atoms with Crippen LogP contribution in [0.2, 0.25) is 0 Å². The Morgan fingerprint density at radius 3 is 2.67 bits per heavy atom. The monoisotopic (exact) mass is 370 g/mol. The molecule has 2 aromatic heterocycles. The molecule has 3 rings (SSSR count). The summed E-state index contributed by atoms with van der Waals surface area (Å²) in [4.78, 5) is 13.6. The lowest BCUT2D eigenvalue weighted by atomic mass is 10.2. The summed E-state index contributed by atoms with van der Waals surface area (Å²) < 4.78 is 1.98. The minimum atomic E-state index is -0.0278. The van der Waals surface area contributed by atoms with Gasteiger partial charge in [-0.15, -0.1) is 0 Å².